The molecule has 6 nitrogen and oxygen atoms in total. The fourth-order valence-corrected chi connectivity index (χ4v) is 3.09. The van der Waals surface area contributed by atoms with E-state index in [1.807, 2.05) is 30.3 Å². The monoisotopic (exact) mass is 394 g/mol. The Morgan fingerprint density at radius 1 is 1.18 bits per heavy atom. The quantitative estimate of drug-likeness (QED) is 0.844. The topological polar surface area (TPSA) is 79.7 Å². The molecule has 2 atom stereocenters. The van der Waals surface area contributed by atoms with Crippen LogP contribution in [0.2, 0.25) is 0 Å². The number of aliphatic carboxylic acids is 1. The van der Waals surface area contributed by atoms with Gasteiger partial charge < -0.3 is 14.7 Å². The summed E-state index contributed by atoms with van der Waals surface area (Å²) in [5, 5.41) is 9.07. The molecule has 1 N–H and O–H groups in total. The second-order valence-electron chi connectivity index (χ2n) is 6.46. The minimum Gasteiger partial charge on any atom is -0.481 e. The van der Waals surface area contributed by atoms with Crippen molar-refractivity contribution in [3.63, 3.8) is 0 Å². The fraction of sp³-hybridized carbons (Fsp3) is 0.316. The molecule has 0 bridgehead atoms. The van der Waals surface area contributed by atoms with Gasteiger partial charge in [-0.05, 0) is 11.6 Å². The summed E-state index contributed by atoms with van der Waals surface area (Å²) in [5.74, 6) is -5.88. The number of carboxylic acid groups (broad SMARTS) is 1. The molecule has 0 saturated carbocycles. The maximum absolute atomic E-state index is 13.1. The van der Waals surface area contributed by atoms with Crippen molar-refractivity contribution in [1.29, 1.82) is 0 Å². The van der Waals surface area contributed by atoms with Crippen LogP contribution in [-0.2, 0) is 11.4 Å². The number of hydrogen-bond donors (Lipinski definition) is 1. The SMILES string of the molecule is O=C(O)[C@@H]1CN(C(=O)c2ccnc(OCc3ccccc3)c2)C[C@H]1C(F)(F)F. The van der Waals surface area contributed by atoms with E-state index >= 15 is 0 Å². The van der Waals surface area contributed by atoms with Crippen LogP contribution in [0, 0.1) is 11.8 Å². The van der Waals surface area contributed by atoms with E-state index in [1.165, 1.54) is 18.3 Å². The van der Waals surface area contributed by atoms with Gasteiger partial charge in [-0.25, -0.2) is 4.98 Å². The standard InChI is InChI=1S/C19H17F3N2O4/c20-19(21,22)15-10-24(9-14(15)18(26)27)17(25)13-6-7-23-16(8-13)28-11-12-4-2-1-3-5-12/h1-8,14-15H,9-11H2,(H,26,27)/t14-,15-/m1/s1. The number of aromatic nitrogens is 1. The number of halogens is 3. The molecule has 1 amide bonds. The largest absolute Gasteiger partial charge is 0.481 e. The first-order valence-electron chi connectivity index (χ1n) is 8.47. The normalized spacial score (nSPS) is 19.5. The number of alkyl halides is 3. The number of pyridine rings is 1. The number of benzene rings is 1. The van der Waals surface area contributed by atoms with Gasteiger partial charge >= 0.3 is 12.1 Å². The van der Waals surface area contributed by atoms with Crippen LogP contribution in [0.5, 0.6) is 5.88 Å². The molecule has 28 heavy (non-hydrogen) atoms. The summed E-state index contributed by atoms with van der Waals surface area (Å²) in [6.45, 7) is -0.977. The van der Waals surface area contributed by atoms with Gasteiger partial charge in [-0.3, -0.25) is 9.59 Å². The average Bonchev–Trinajstić information content (AvgIpc) is 3.13. The number of carboxylic acids is 1. The summed E-state index contributed by atoms with van der Waals surface area (Å²) in [4.78, 5) is 28.7. The number of hydrogen-bond acceptors (Lipinski definition) is 4. The highest BCUT2D eigenvalue weighted by molar-refractivity contribution is 5.95. The van der Waals surface area contributed by atoms with E-state index in [0.29, 0.717) is 0 Å². The van der Waals surface area contributed by atoms with E-state index in [0.717, 1.165) is 10.5 Å². The van der Waals surface area contributed by atoms with Gasteiger partial charge in [-0.2, -0.15) is 13.2 Å². The predicted molar refractivity (Wildman–Crippen MR) is 91.6 cm³/mol. The number of likely N-dealkylation sites (tertiary alicyclic amines) is 1. The Morgan fingerprint density at radius 3 is 2.50 bits per heavy atom. The van der Waals surface area contributed by atoms with E-state index in [-0.39, 0.29) is 18.1 Å². The van der Waals surface area contributed by atoms with E-state index < -0.39 is 43.0 Å². The lowest BCUT2D eigenvalue weighted by Crippen LogP contribution is -2.34. The Hall–Kier alpha value is -3.10. The van der Waals surface area contributed by atoms with Crippen molar-refractivity contribution in [3.05, 3.63) is 59.8 Å². The molecule has 1 aliphatic heterocycles. The second-order valence-corrected chi connectivity index (χ2v) is 6.46. The average molecular weight is 394 g/mol. The molecule has 2 aromatic rings. The molecule has 0 aliphatic carbocycles. The highest BCUT2D eigenvalue weighted by Crippen LogP contribution is 2.38. The molecule has 3 rings (SSSR count). The molecule has 148 valence electrons. The van der Waals surface area contributed by atoms with Crippen molar-refractivity contribution in [3.8, 4) is 5.88 Å². The van der Waals surface area contributed by atoms with E-state index in [1.54, 1.807) is 0 Å². The van der Waals surface area contributed by atoms with Gasteiger partial charge in [0.15, 0.2) is 0 Å². The molecule has 1 saturated heterocycles. The van der Waals surface area contributed by atoms with Crippen molar-refractivity contribution >= 4 is 11.9 Å². The van der Waals surface area contributed by atoms with Crippen LogP contribution >= 0.6 is 0 Å². The number of carbonyl (C=O) groups excluding carboxylic acids is 1. The van der Waals surface area contributed by atoms with Crippen LogP contribution in [0.4, 0.5) is 13.2 Å². The first-order valence-corrected chi connectivity index (χ1v) is 8.47. The number of rotatable bonds is 5. The summed E-state index contributed by atoms with van der Waals surface area (Å²) >= 11 is 0. The van der Waals surface area contributed by atoms with E-state index in [4.69, 9.17) is 9.84 Å². The van der Waals surface area contributed by atoms with Gasteiger partial charge in [0.1, 0.15) is 6.61 Å². The zero-order chi connectivity index (χ0) is 20.3. The van der Waals surface area contributed by atoms with E-state index in [9.17, 15) is 22.8 Å². The number of nitrogens with zero attached hydrogens (tertiary/aromatic N) is 2. The molecule has 0 radical (unpaired) electrons. The lowest BCUT2D eigenvalue weighted by molar-refractivity contribution is -0.187. The van der Waals surface area contributed by atoms with Gasteiger partial charge in [-0.1, -0.05) is 30.3 Å². The number of carbonyl (C=O) groups is 2. The van der Waals surface area contributed by atoms with Crippen molar-refractivity contribution in [2.24, 2.45) is 11.8 Å². The van der Waals surface area contributed by atoms with E-state index in [2.05, 4.69) is 4.98 Å². The molecule has 0 spiro atoms. The Labute approximate surface area is 158 Å². The summed E-state index contributed by atoms with van der Waals surface area (Å²) in [5.41, 5.74) is 0.975. The van der Waals surface area contributed by atoms with Crippen molar-refractivity contribution in [2.75, 3.05) is 13.1 Å². The Morgan fingerprint density at radius 2 is 1.89 bits per heavy atom. The highest BCUT2D eigenvalue weighted by Gasteiger charge is 2.53. The Kier molecular flexibility index (Phi) is 5.53. The van der Waals surface area contributed by atoms with Crippen molar-refractivity contribution in [1.82, 2.24) is 9.88 Å². The third-order valence-electron chi connectivity index (χ3n) is 4.56. The molecular formula is C19H17F3N2O4. The molecular weight excluding hydrogens is 377 g/mol. The first-order chi connectivity index (χ1) is 13.3. The van der Waals surface area contributed by atoms with Crippen molar-refractivity contribution in [2.45, 2.75) is 12.8 Å². The summed E-state index contributed by atoms with van der Waals surface area (Å²) in [7, 11) is 0. The lowest BCUT2D eigenvalue weighted by atomic mass is 9.96. The molecule has 1 aromatic heterocycles. The van der Waals surface area contributed by atoms with Crippen LogP contribution in [0.25, 0.3) is 0 Å². The maximum atomic E-state index is 13.1. The zero-order valence-electron chi connectivity index (χ0n) is 14.6. The van der Waals surface area contributed by atoms with Gasteiger partial charge in [0.05, 0.1) is 11.8 Å². The van der Waals surface area contributed by atoms with Crippen LogP contribution in [0.15, 0.2) is 48.7 Å². The van der Waals surface area contributed by atoms with Crippen LogP contribution in [0.3, 0.4) is 0 Å². The molecule has 0 unspecified atom stereocenters. The molecule has 1 aromatic carbocycles. The minimum atomic E-state index is -4.69. The van der Waals surface area contributed by atoms with Gasteiger partial charge in [0, 0.05) is 30.9 Å². The van der Waals surface area contributed by atoms with Crippen molar-refractivity contribution < 1.29 is 32.6 Å². The molecule has 1 aliphatic rings. The van der Waals surface area contributed by atoms with Crippen LogP contribution < -0.4 is 4.74 Å². The third-order valence-corrected chi connectivity index (χ3v) is 4.56. The number of amides is 1. The minimum absolute atomic E-state index is 0.0880. The second kappa shape index (κ2) is 7.87. The van der Waals surface area contributed by atoms with Crippen LogP contribution in [-0.4, -0.2) is 46.1 Å². The smallest absolute Gasteiger partial charge is 0.394 e. The van der Waals surface area contributed by atoms with Gasteiger partial charge in [0.25, 0.3) is 5.91 Å². The number of ether oxygens (including phenoxy) is 1. The Bertz CT molecular complexity index is 858. The molecule has 2 heterocycles. The fourth-order valence-electron chi connectivity index (χ4n) is 3.09. The summed E-state index contributed by atoms with van der Waals surface area (Å²) in [6.07, 6.45) is -3.38. The van der Waals surface area contributed by atoms with Gasteiger partial charge in [-0.15, -0.1) is 0 Å². The summed E-state index contributed by atoms with van der Waals surface area (Å²) < 4.78 is 44.8. The predicted octanol–water partition coefficient (Wildman–Crippen LogP) is 3.00. The lowest BCUT2D eigenvalue weighted by Gasteiger charge is -2.18. The van der Waals surface area contributed by atoms with Gasteiger partial charge in [0.2, 0.25) is 5.88 Å². The molecule has 9 heteroatoms. The maximum Gasteiger partial charge on any atom is 0.394 e. The Balaban J connectivity index is 1.71. The molecule has 1 fully saturated rings. The summed E-state index contributed by atoms with van der Waals surface area (Å²) in [6, 6.07) is 11.9. The highest BCUT2D eigenvalue weighted by atomic mass is 19.4. The zero-order valence-corrected chi connectivity index (χ0v) is 14.6. The van der Waals surface area contributed by atoms with Crippen LogP contribution in [0.1, 0.15) is 15.9 Å². The third kappa shape index (κ3) is 4.41. The first kappa shape index (κ1) is 19.7.